The van der Waals surface area contributed by atoms with Crippen LogP contribution in [0.25, 0.3) is 10.4 Å². The van der Waals surface area contributed by atoms with E-state index in [-0.39, 0.29) is 13.0 Å². The molecular formula is C11H11F2N3O4. The molecule has 0 aliphatic heterocycles. The number of azide groups is 1. The van der Waals surface area contributed by atoms with Gasteiger partial charge in [-0.25, -0.2) is 13.6 Å². The molecule has 0 aliphatic rings. The van der Waals surface area contributed by atoms with Crippen molar-refractivity contribution in [1.82, 2.24) is 0 Å². The van der Waals surface area contributed by atoms with Gasteiger partial charge in [-0.15, -0.1) is 0 Å². The Morgan fingerprint density at radius 1 is 1.35 bits per heavy atom. The molecule has 9 heteroatoms. The average Bonchev–Trinajstić information content (AvgIpc) is 2.37. The molecule has 1 rings (SSSR count). The lowest BCUT2D eigenvalue weighted by Gasteiger charge is -2.18. The van der Waals surface area contributed by atoms with Crippen LogP contribution in [0.5, 0.6) is 0 Å². The smallest absolute Gasteiger partial charge is 0.338 e. The number of hydrogen-bond acceptors (Lipinski definition) is 4. The van der Waals surface area contributed by atoms with Crippen molar-refractivity contribution in [2.24, 2.45) is 5.11 Å². The van der Waals surface area contributed by atoms with Gasteiger partial charge in [0.25, 0.3) is 0 Å². The van der Waals surface area contributed by atoms with E-state index in [1.165, 1.54) is 0 Å². The quantitative estimate of drug-likeness (QED) is 0.418. The zero-order valence-electron chi connectivity index (χ0n) is 10.1. The van der Waals surface area contributed by atoms with E-state index >= 15 is 0 Å². The molecule has 0 fully saturated rings. The van der Waals surface area contributed by atoms with Gasteiger partial charge in [0.1, 0.15) is 17.7 Å². The topological polar surface area (TPSA) is 127 Å². The van der Waals surface area contributed by atoms with Crippen LogP contribution in [-0.2, 0) is 0 Å². The number of carboxylic acid groups (broad SMARTS) is 1. The molecule has 20 heavy (non-hydrogen) atoms. The number of aliphatic hydroxyl groups is 2. The number of carboxylic acids is 1. The van der Waals surface area contributed by atoms with Gasteiger partial charge in [0, 0.05) is 23.1 Å². The minimum atomic E-state index is -1.76. The molecule has 2 unspecified atom stereocenters. The van der Waals surface area contributed by atoms with Gasteiger partial charge in [-0.2, -0.15) is 0 Å². The Kier molecular flexibility index (Phi) is 5.39. The van der Waals surface area contributed by atoms with Crippen molar-refractivity contribution in [2.45, 2.75) is 18.6 Å². The van der Waals surface area contributed by atoms with Crippen molar-refractivity contribution in [2.75, 3.05) is 6.54 Å². The Morgan fingerprint density at radius 2 is 2.00 bits per heavy atom. The predicted molar refractivity (Wildman–Crippen MR) is 62.9 cm³/mol. The highest BCUT2D eigenvalue weighted by molar-refractivity contribution is 5.88. The number of rotatable bonds is 6. The molecule has 0 aliphatic carbocycles. The fourth-order valence-electron chi connectivity index (χ4n) is 1.56. The Balaban J connectivity index is 3.02. The summed E-state index contributed by atoms with van der Waals surface area (Å²) in [5.74, 6) is -4.09. The third kappa shape index (κ3) is 3.64. The molecule has 3 N–H and O–H groups in total. The van der Waals surface area contributed by atoms with Crippen LogP contribution in [0.3, 0.4) is 0 Å². The first-order valence-corrected chi connectivity index (χ1v) is 5.47. The van der Waals surface area contributed by atoms with E-state index in [0.717, 1.165) is 0 Å². The van der Waals surface area contributed by atoms with E-state index in [4.69, 9.17) is 10.6 Å². The van der Waals surface area contributed by atoms with Gasteiger partial charge in [-0.05, 0) is 18.0 Å². The van der Waals surface area contributed by atoms with E-state index in [1.807, 2.05) is 0 Å². The number of hydrogen-bond donors (Lipinski definition) is 3. The summed E-state index contributed by atoms with van der Waals surface area (Å²) in [4.78, 5) is 13.2. The molecule has 0 amide bonds. The van der Waals surface area contributed by atoms with Crippen molar-refractivity contribution in [3.05, 3.63) is 45.3 Å². The molecule has 7 nitrogen and oxygen atoms in total. The molecule has 1 aromatic rings. The number of nitrogens with zero attached hydrogens (tertiary/aromatic N) is 3. The fourth-order valence-corrected chi connectivity index (χ4v) is 1.56. The lowest BCUT2D eigenvalue weighted by Crippen LogP contribution is -2.21. The van der Waals surface area contributed by atoms with Crippen molar-refractivity contribution in [3.63, 3.8) is 0 Å². The highest BCUT2D eigenvalue weighted by Gasteiger charge is 2.24. The van der Waals surface area contributed by atoms with Crippen LogP contribution in [0.2, 0.25) is 0 Å². The van der Waals surface area contributed by atoms with Crippen molar-refractivity contribution >= 4 is 5.97 Å². The lowest BCUT2D eigenvalue weighted by molar-refractivity contribution is 0.0128. The summed E-state index contributed by atoms with van der Waals surface area (Å²) in [6.07, 6.45) is -3.41. The predicted octanol–water partition coefficient (Wildman–Crippen LogP) is 1.76. The lowest BCUT2D eigenvalue weighted by atomic mass is 9.99. The van der Waals surface area contributed by atoms with Gasteiger partial charge in [0.05, 0.1) is 11.7 Å². The number of aliphatic hydroxyl groups excluding tert-OH is 2. The molecule has 108 valence electrons. The van der Waals surface area contributed by atoms with Crippen LogP contribution >= 0.6 is 0 Å². The number of aromatic carboxylic acids is 1. The summed E-state index contributed by atoms with van der Waals surface area (Å²) in [6.45, 7) is -0.136. The highest BCUT2D eigenvalue weighted by atomic mass is 19.1. The van der Waals surface area contributed by atoms with Crippen molar-refractivity contribution in [1.29, 1.82) is 0 Å². The second kappa shape index (κ2) is 6.80. The maximum absolute atomic E-state index is 13.5. The Bertz CT molecular complexity index is 561. The highest BCUT2D eigenvalue weighted by Crippen LogP contribution is 2.25. The third-order valence-electron chi connectivity index (χ3n) is 2.59. The van der Waals surface area contributed by atoms with E-state index in [2.05, 4.69) is 10.0 Å². The Morgan fingerprint density at radius 3 is 2.55 bits per heavy atom. The van der Waals surface area contributed by atoms with Gasteiger partial charge in [-0.1, -0.05) is 5.11 Å². The van der Waals surface area contributed by atoms with Crippen LogP contribution in [0.15, 0.2) is 17.2 Å². The van der Waals surface area contributed by atoms with Gasteiger partial charge < -0.3 is 15.3 Å². The van der Waals surface area contributed by atoms with Crippen LogP contribution in [0.1, 0.15) is 28.4 Å². The maximum Gasteiger partial charge on any atom is 0.338 e. The second-order valence-corrected chi connectivity index (χ2v) is 3.91. The monoisotopic (exact) mass is 287 g/mol. The van der Waals surface area contributed by atoms with Crippen LogP contribution in [0.4, 0.5) is 8.78 Å². The maximum atomic E-state index is 13.5. The SMILES string of the molecule is [N-]=[N+]=NCCC(O)C(O)c1cc(C(=O)O)c(F)cc1F. The molecular weight excluding hydrogens is 276 g/mol. The second-order valence-electron chi connectivity index (χ2n) is 3.91. The van der Waals surface area contributed by atoms with Gasteiger partial charge in [-0.3, -0.25) is 0 Å². The molecule has 0 heterocycles. The third-order valence-corrected chi connectivity index (χ3v) is 2.59. The molecule has 0 spiro atoms. The largest absolute Gasteiger partial charge is 0.478 e. The molecule has 2 atom stereocenters. The summed E-state index contributed by atoms with van der Waals surface area (Å²) in [6, 6.07) is 0.941. The first-order chi connectivity index (χ1) is 9.38. The zero-order valence-corrected chi connectivity index (χ0v) is 10.1. The molecule has 1 aromatic carbocycles. The minimum absolute atomic E-state index is 0.136. The standard InChI is InChI=1S/C11H11F2N3O4/c12-7-4-8(13)6(11(19)20)3-5(7)10(18)9(17)1-2-15-16-14/h3-4,9-10,17-18H,1-2H2,(H,19,20). The summed E-state index contributed by atoms with van der Waals surface area (Å²) in [5, 5.41) is 31.2. The van der Waals surface area contributed by atoms with E-state index in [9.17, 15) is 23.8 Å². The van der Waals surface area contributed by atoms with Crippen LogP contribution in [0, 0.1) is 11.6 Å². The Hall–Kier alpha value is -2.22. The van der Waals surface area contributed by atoms with E-state index in [0.29, 0.717) is 12.1 Å². The summed E-state index contributed by atoms with van der Waals surface area (Å²) in [5.41, 5.74) is 6.69. The summed E-state index contributed by atoms with van der Waals surface area (Å²) in [7, 11) is 0. The Labute approximate surface area is 111 Å². The summed E-state index contributed by atoms with van der Waals surface area (Å²) >= 11 is 0. The van der Waals surface area contributed by atoms with Gasteiger partial charge in [0.2, 0.25) is 0 Å². The number of carbonyl (C=O) groups is 1. The van der Waals surface area contributed by atoms with Gasteiger partial charge in [0.15, 0.2) is 0 Å². The van der Waals surface area contributed by atoms with E-state index in [1.54, 1.807) is 0 Å². The molecule has 0 saturated heterocycles. The minimum Gasteiger partial charge on any atom is -0.478 e. The van der Waals surface area contributed by atoms with Crippen molar-refractivity contribution in [3.8, 4) is 0 Å². The van der Waals surface area contributed by atoms with E-state index < -0.39 is 40.9 Å². The molecule has 0 aromatic heterocycles. The fraction of sp³-hybridized carbons (Fsp3) is 0.364. The first kappa shape index (κ1) is 15.8. The van der Waals surface area contributed by atoms with Gasteiger partial charge >= 0.3 is 5.97 Å². The molecule has 0 bridgehead atoms. The average molecular weight is 287 g/mol. The number of halogens is 2. The molecule has 0 radical (unpaired) electrons. The zero-order chi connectivity index (χ0) is 15.3. The molecule has 0 saturated carbocycles. The number of benzene rings is 1. The normalized spacial score (nSPS) is 13.4. The van der Waals surface area contributed by atoms with Crippen LogP contribution in [-0.4, -0.2) is 33.9 Å². The summed E-state index contributed by atoms with van der Waals surface area (Å²) < 4.78 is 26.7. The first-order valence-electron chi connectivity index (χ1n) is 5.47. The van der Waals surface area contributed by atoms with Crippen LogP contribution < -0.4 is 0 Å². The van der Waals surface area contributed by atoms with Crippen molar-refractivity contribution < 1.29 is 28.9 Å².